The molecule has 0 spiro atoms. The van der Waals surface area contributed by atoms with Crippen LogP contribution in [-0.2, 0) is 9.53 Å². The van der Waals surface area contributed by atoms with E-state index in [1.165, 1.54) is 0 Å². The Morgan fingerprint density at radius 3 is 1.57 bits per heavy atom. The van der Waals surface area contributed by atoms with Gasteiger partial charge in [-0.15, -0.1) is 0 Å². The Morgan fingerprint density at radius 1 is 1.00 bits per heavy atom. The van der Waals surface area contributed by atoms with E-state index in [4.69, 9.17) is 0 Å². The van der Waals surface area contributed by atoms with Crippen molar-refractivity contribution in [3.8, 4) is 0 Å². The van der Waals surface area contributed by atoms with Gasteiger partial charge in [0.2, 0.25) is 20.7 Å². The summed E-state index contributed by atoms with van der Waals surface area (Å²) >= 11 is 0. The fraction of sp³-hybridized carbons (Fsp3) is 0.917. The van der Waals surface area contributed by atoms with E-state index in [0.29, 0.717) is 6.42 Å². The largest absolute Gasteiger partial charge is 0.434 e. The molecule has 0 radical (unpaired) electrons. The molecule has 0 saturated carbocycles. The molecule has 0 bridgehead atoms. The number of ether oxygens (including phenoxy) is 1. The minimum atomic E-state index is -4.19. The van der Waals surface area contributed by atoms with E-state index in [2.05, 4.69) is 4.74 Å². The predicted octanol–water partition coefficient (Wildman–Crippen LogP) is 5.57. The number of rotatable bonds is 5. The van der Waals surface area contributed by atoms with Crippen LogP contribution in [0.2, 0.25) is 0 Å². The van der Waals surface area contributed by atoms with Crippen LogP contribution in [0.15, 0.2) is 0 Å². The molecule has 0 saturated heterocycles. The summed E-state index contributed by atoms with van der Waals surface area (Å²) < 4.78 is 98.1. The Kier molecular flexibility index (Phi) is 29.9. The third-order valence-electron chi connectivity index (χ3n) is 1.81. The first-order chi connectivity index (χ1) is 10.6. The molecule has 0 rings (SSSR count). The molecule has 1 unspecified atom stereocenters. The Labute approximate surface area is 129 Å². The second-order valence-electron chi connectivity index (χ2n) is 3.49. The van der Waals surface area contributed by atoms with E-state index < -0.39 is 52.4 Å². The minimum absolute atomic E-state index is 0.180. The second-order valence-corrected chi connectivity index (χ2v) is 3.49. The maximum absolute atomic E-state index is 11.3. The first kappa shape index (κ1) is 29.8. The summed E-state index contributed by atoms with van der Waals surface area (Å²) in [6, 6.07) is 0. The van der Waals surface area contributed by atoms with E-state index in [0.717, 1.165) is 0 Å². The van der Waals surface area contributed by atoms with Gasteiger partial charge in [0.05, 0.1) is 12.6 Å². The molecule has 0 amide bonds. The van der Waals surface area contributed by atoms with Crippen molar-refractivity contribution < 1.29 is 49.0 Å². The number of carbonyl (C=O) groups is 1. The standard InChI is InChI=1S/C6H11FO2.C4H6F4.2CH2F2/c1-3-5(2)6(8)9-4-7;5-3-1-2-4(6,7)8;2*2-1-3/h5H,3-4H2,1-2H3;1-3H2;2*1H2. The van der Waals surface area contributed by atoms with Gasteiger partial charge in [-0.1, -0.05) is 13.8 Å². The van der Waals surface area contributed by atoms with E-state index in [-0.39, 0.29) is 5.92 Å². The zero-order valence-corrected chi connectivity index (χ0v) is 12.7. The van der Waals surface area contributed by atoms with Crippen LogP contribution in [0.3, 0.4) is 0 Å². The monoisotopic (exact) mass is 368 g/mol. The number of halogens is 9. The lowest BCUT2D eigenvalue weighted by Crippen LogP contribution is -2.12. The molecule has 0 aliphatic carbocycles. The highest BCUT2D eigenvalue weighted by Gasteiger charge is 2.25. The van der Waals surface area contributed by atoms with Crippen LogP contribution in [0.25, 0.3) is 0 Å². The third-order valence-corrected chi connectivity index (χ3v) is 1.81. The van der Waals surface area contributed by atoms with Gasteiger partial charge in [0.1, 0.15) is 0 Å². The van der Waals surface area contributed by atoms with E-state index in [9.17, 15) is 44.3 Å². The average molecular weight is 368 g/mol. The van der Waals surface area contributed by atoms with Crippen LogP contribution in [0, 0.1) is 5.92 Å². The highest BCUT2D eigenvalue weighted by molar-refractivity contribution is 5.71. The Balaban J connectivity index is -0.000000118. The molecule has 0 aromatic carbocycles. The van der Waals surface area contributed by atoms with Gasteiger partial charge in [0, 0.05) is 6.42 Å². The molecule has 2 nitrogen and oxygen atoms in total. The van der Waals surface area contributed by atoms with Crippen LogP contribution >= 0.6 is 0 Å². The fourth-order valence-corrected chi connectivity index (χ4v) is 0.630. The van der Waals surface area contributed by atoms with E-state index in [1.807, 2.05) is 6.92 Å². The van der Waals surface area contributed by atoms with Gasteiger partial charge in [0.15, 0.2) is 0 Å². The number of alkyl halides is 9. The highest BCUT2D eigenvalue weighted by Crippen LogP contribution is 2.20. The van der Waals surface area contributed by atoms with Gasteiger partial charge in [-0.3, -0.25) is 9.18 Å². The quantitative estimate of drug-likeness (QED) is 0.469. The van der Waals surface area contributed by atoms with E-state index >= 15 is 0 Å². The van der Waals surface area contributed by atoms with Crippen LogP contribution < -0.4 is 0 Å². The predicted molar refractivity (Wildman–Crippen MR) is 67.0 cm³/mol. The Morgan fingerprint density at radius 2 is 1.39 bits per heavy atom. The normalized spacial score (nSPS) is 10.7. The Bertz CT molecular complexity index is 223. The van der Waals surface area contributed by atoms with Gasteiger partial charge in [-0.05, 0) is 12.8 Å². The van der Waals surface area contributed by atoms with Crippen molar-refractivity contribution in [1.82, 2.24) is 0 Å². The van der Waals surface area contributed by atoms with Crippen molar-refractivity contribution in [1.29, 1.82) is 0 Å². The molecule has 0 aromatic heterocycles. The lowest BCUT2D eigenvalue weighted by Gasteiger charge is -2.04. The molecule has 0 N–H and O–H groups in total. The summed E-state index contributed by atoms with van der Waals surface area (Å²) in [6.45, 7) is -1.84. The second kappa shape index (κ2) is 23.1. The molecule has 0 heterocycles. The number of hydrogen-bond donors (Lipinski definition) is 0. The van der Waals surface area contributed by atoms with Gasteiger partial charge in [-0.2, -0.15) is 13.2 Å². The lowest BCUT2D eigenvalue weighted by atomic mass is 10.1. The smallest absolute Gasteiger partial charge is 0.389 e. The molecule has 0 aromatic rings. The molecule has 11 heteroatoms. The van der Waals surface area contributed by atoms with Crippen molar-refractivity contribution in [3.05, 3.63) is 0 Å². The maximum Gasteiger partial charge on any atom is 0.389 e. The van der Waals surface area contributed by atoms with Crippen molar-refractivity contribution >= 4 is 5.97 Å². The summed E-state index contributed by atoms with van der Waals surface area (Å²) in [5.41, 5.74) is 0. The van der Waals surface area contributed by atoms with Crippen LogP contribution in [0.4, 0.5) is 39.5 Å². The molecule has 144 valence electrons. The molecule has 1 atom stereocenters. The SMILES string of the molecule is CCC(C)C(=O)OCF.FCCCC(F)(F)F.FCF.FCF. The first-order valence-electron chi connectivity index (χ1n) is 6.20. The van der Waals surface area contributed by atoms with Crippen molar-refractivity contribution in [2.24, 2.45) is 5.92 Å². The Hall–Kier alpha value is -1.16. The highest BCUT2D eigenvalue weighted by atomic mass is 19.4. The van der Waals surface area contributed by atoms with Gasteiger partial charge in [0.25, 0.3) is 0 Å². The van der Waals surface area contributed by atoms with Crippen molar-refractivity contribution in [3.63, 3.8) is 0 Å². The van der Waals surface area contributed by atoms with Gasteiger partial charge < -0.3 is 4.74 Å². The number of hydrogen-bond acceptors (Lipinski definition) is 2. The zero-order chi connectivity index (χ0) is 19.3. The van der Waals surface area contributed by atoms with Gasteiger partial charge in [-0.25, -0.2) is 22.0 Å². The molecule has 0 fully saturated rings. The molecular formula is C12H21F9O2. The summed E-state index contributed by atoms with van der Waals surface area (Å²) in [4.78, 5) is 10.5. The summed E-state index contributed by atoms with van der Waals surface area (Å²) in [5, 5.41) is 0. The summed E-state index contributed by atoms with van der Waals surface area (Å²) in [7, 11) is 0. The van der Waals surface area contributed by atoms with Gasteiger partial charge >= 0.3 is 12.1 Å². The average Bonchev–Trinajstić information content (AvgIpc) is 2.46. The van der Waals surface area contributed by atoms with Crippen molar-refractivity contribution in [2.45, 2.75) is 39.3 Å². The molecule has 23 heavy (non-hydrogen) atoms. The topological polar surface area (TPSA) is 26.3 Å². The number of esters is 1. The lowest BCUT2D eigenvalue weighted by molar-refractivity contribution is -0.152. The fourth-order valence-electron chi connectivity index (χ4n) is 0.630. The van der Waals surface area contributed by atoms with Crippen molar-refractivity contribution in [2.75, 3.05) is 27.4 Å². The maximum atomic E-state index is 11.3. The van der Waals surface area contributed by atoms with Crippen LogP contribution in [0.5, 0.6) is 0 Å². The zero-order valence-electron chi connectivity index (χ0n) is 12.7. The molecule has 0 aliphatic heterocycles. The van der Waals surface area contributed by atoms with Crippen LogP contribution in [-0.4, -0.2) is 39.5 Å². The number of carbonyl (C=O) groups excluding carboxylic acids is 1. The third kappa shape index (κ3) is 44.9. The summed E-state index contributed by atoms with van der Waals surface area (Å²) in [6.07, 6.45) is -4.92. The summed E-state index contributed by atoms with van der Waals surface area (Å²) in [5.74, 6) is -0.638. The first-order valence-corrected chi connectivity index (χ1v) is 6.20. The minimum Gasteiger partial charge on any atom is -0.434 e. The van der Waals surface area contributed by atoms with E-state index in [1.54, 1.807) is 6.92 Å². The molecule has 0 aliphatic rings. The molecular weight excluding hydrogens is 347 g/mol. The van der Waals surface area contributed by atoms with Crippen LogP contribution in [0.1, 0.15) is 33.1 Å².